The van der Waals surface area contributed by atoms with Crippen LogP contribution in [-0.2, 0) is 4.79 Å². The number of rotatable bonds is 9. The maximum Gasteiger partial charge on any atom is 0.203 e. The van der Waals surface area contributed by atoms with E-state index in [1.807, 2.05) is 36.4 Å². The van der Waals surface area contributed by atoms with Gasteiger partial charge < -0.3 is 28.4 Å². The van der Waals surface area contributed by atoms with Crippen LogP contribution in [0.4, 0.5) is 0 Å². The molecule has 1 aliphatic carbocycles. The highest BCUT2D eigenvalue weighted by Gasteiger charge is 2.30. The molecule has 0 N–H and O–H groups in total. The highest BCUT2D eigenvalue weighted by molar-refractivity contribution is 6.14. The van der Waals surface area contributed by atoms with Crippen molar-refractivity contribution in [3.63, 3.8) is 0 Å². The number of methoxy groups -OCH3 is 6. The first-order valence-electron chi connectivity index (χ1n) is 11.9. The lowest BCUT2D eigenvalue weighted by atomic mass is 9.75. The second-order valence-electron chi connectivity index (χ2n) is 9.00. The Hall–Kier alpha value is -3.61. The van der Waals surface area contributed by atoms with E-state index in [1.54, 1.807) is 42.7 Å². The number of carbonyl (C=O) groups excluding carboxylic acids is 1. The van der Waals surface area contributed by atoms with Gasteiger partial charge in [0.05, 0.1) is 42.7 Å². The first kappa shape index (κ1) is 27.0. The lowest BCUT2D eigenvalue weighted by Crippen LogP contribution is -2.23. The summed E-state index contributed by atoms with van der Waals surface area (Å²) in [6.45, 7) is 4.38. The van der Waals surface area contributed by atoms with Crippen molar-refractivity contribution in [1.82, 2.24) is 0 Å². The number of ether oxygens (including phenoxy) is 6. The number of benzene rings is 2. The summed E-state index contributed by atoms with van der Waals surface area (Å²) in [4.78, 5) is 13.7. The van der Waals surface area contributed by atoms with E-state index in [0.717, 1.165) is 22.3 Å². The summed E-state index contributed by atoms with van der Waals surface area (Å²) < 4.78 is 32.8. The summed E-state index contributed by atoms with van der Waals surface area (Å²) in [5, 5.41) is 0. The molecule has 0 saturated heterocycles. The molecule has 0 aliphatic heterocycles. The molecule has 0 unspecified atom stereocenters. The van der Waals surface area contributed by atoms with Crippen LogP contribution < -0.4 is 28.4 Å². The van der Waals surface area contributed by atoms with Gasteiger partial charge in [-0.05, 0) is 72.2 Å². The summed E-state index contributed by atoms with van der Waals surface area (Å²) >= 11 is 0. The lowest BCUT2D eigenvalue weighted by molar-refractivity contribution is -0.113. The van der Waals surface area contributed by atoms with Crippen LogP contribution in [0.25, 0.3) is 12.2 Å². The lowest BCUT2D eigenvalue weighted by Gasteiger charge is -2.28. The Kier molecular flexibility index (Phi) is 8.91. The number of ketones is 1. The largest absolute Gasteiger partial charge is 0.493 e. The van der Waals surface area contributed by atoms with Crippen molar-refractivity contribution in [2.24, 2.45) is 11.8 Å². The van der Waals surface area contributed by atoms with E-state index in [4.69, 9.17) is 28.4 Å². The maximum atomic E-state index is 13.7. The van der Waals surface area contributed by atoms with Crippen LogP contribution in [0.3, 0.4) is 0 Å². The molecular formula is C29H36O7. The van der Waals surface area contributed by atoms with Gasteiger partial charge in [-0.25, -0.2) is 0 Å². The van der Waals surface area contributed by atoms with Crippen molar-refractivity contribution in [1.29, 1.82) is 0 Å². The molecule has 1 aliphatic rings. The highest BCUT2D eigenvalue weighted by Crippen LogP contribution is 2.42. The topological polar surface area (TPSA) is 72.5 Å². The number of carbonyl (C=O) groups is 1. The third-order valence-corrected chi connectivity index (χ3v) is 6.55. The summed E-state index contributed by atoms with van der Waals surface area (Å²) in [6, 6.07) is 7.40. The van der Waals surface area contributed by atoms with Gasteiger partial charge in [-0.15, -0.1) is 0 Å². The predicted octanol–water partition coefficient (Wildman–Crippen LogP) is 5.84. The fourth-order valence-electron chi connectivity index (χ4n) is 4.52. The van der Waals surface area contributed by atoms with Crippen molar-refractivity contribution in [3.8, 4) is 34.5 Å². The minimum absolute atomic E-state index is 0.0226. The standard InChI is InChI=1S/C29H36O7/c1-17(2)20-15-21(9-18-11-23(31-3)28(35-7)24(12-18)32-4)27(30)22(16-20)10-19-13-25(33-5)29(36-8)26(14-19)34-6/h9-14,17,20H,15-16H2,1-8H3/b21-9+,22-10+. The van der Waals surface area contributed by atoms with E-state index >= 15 is 0 Å². The molecule has 1 saturated carbocycles. The minimum atomic E-state index is 0.0226. The number of Topliss-reactive ketones (excluding diaryl/α,β-unsaturated/α-hetero) is 1. The van der Waals surface area contributed by atoms with Crippen molar-refractivity contribution in [2.45, 2.75) is 26.7 Å². The van der Waals surface area contributed by atoms with E-state index in [1.165, 1.54) is 0 Å². The Morgan fingerprint density at radius 1 is 0.639 bits per heavy atom. The molecule has 0 radical (unpaired) electrons. The van der Waals surface area contributed by atoms with Crippen LogP contribution in [0.1, 0.15) is 37.8 Å². The quantitative estimate of drug-likeness (QED) is 0.404. The molecule has 0 amide bonds. The molecule has 1 fully saturated rings. The third kappa shape index (κ3) is 5.61. The fourth-order valence-corrected chi connectivity index (χ4v) is 4.52. The fraction of sp³-hybridized carbons (Fsp3) is 0.414. The molecule has 7 heteroatoms. The van der Waals surface area contributed by atoms with Gasteiger partial charge in [-0.3, -0.25) is 4.79 Å². The molecule has 0 spiro atoms. The second-order valence-corrected chi connectivity index (χ2v) is 9.00. The summed E-state index contributed by atoms with van der Waals surface area (Å²) in [5.74, 6) is 3.95. The van der Waals surface area contributed by atoms with Gasteiger partial charge in [-0.1, -0.05) is 13.8 Å². The van der Waals surface area contributed by atoms with Gasteiger partial charge >= 0.3 is 0 Å². The minimum Gasteiger partial charge on any atom is -0.493 e. The molecule has 0 heterocycles. The molecule has 7 nitrogen and oxygen atoms in total. The Labute approximate surface area is 213 Å². The van der Waals surface area contributed by atoms with E-state index in [-0.39, 0.29) is 5.78 Å². The molecule has 3 rings (SSSR count). The number of hydrogen-bond donors (Lipinski definition) is 0. The normalized spacial score (nSPS) is 17.9. The monoisotopic (exact) mass is 496 g/mol. The smallest absolute Gasteiger partial charge is 0.203 e. The molecular weight excluding hydrogens is 460 g/mol. The molecule has 194 valence electrons. The third-order valence-electron chi connectivity index (χ3n) is 6.55. The molecule has 0 atom stereocenters. The van der Waals surface area contributed by atoms with E-state index in [9.17, 15) is 4.79 Å². The molecule has 36 heavy (non-hydrogen) atoms. The summed E-state index contributed by atoms with van der Waals surface area (Å²) in [7, 11) is 9.44. The van der Waals surface area contributed by atoms with Crippen LogP contribution in [0.2, 0.25) is 0 Å². The Balaban J connectivity index is 2.09. The average molecular weight is 497 g/mol. The van der Waals surface area contributed by atoms with Crippen molar-refractivity contribution in [2.75, 3.05) is 42.7 Å². The predicted molar refractivity (Wildman–Crippen MR) is 141 cm³/mol. The molecule has 2 aromatic carbocycles. The number of hydrogen-bond acceptors (Lipinski definition) is 7. The van der Waals surface area contributed by atoms with Crippen molar-refractivity contribution in [3.05, 3.63) is 46.5 Å². The molecule has 0 bridgehead atoms. The van der Waals surface area contributed by atoms with E-state index in [0.29, 0.717) is 59.2 Å². The van der Waals surface area contributed by atoms with Crippen LogP contribution >= 0.6 is 0 Å². The van der Waals surface area contributed by atoms with Gasteiger partial charge in [0, 0.05) is 11.1 Å². The Morgan fingerprint density at radius 3 is 1.22 bits per heavy atom. The van der Waals surface area contributed by atoms with E-state index in [2.05, 4.69) is 13.8 Å². The highest BCUT2D eigenvalue weighted by atomic mass is 16.5. The summed E-state index contributed by atoms with van der Waals surface area (Å²) in [5.41, 5.74) is 3.11. The maximum absolute atomic E-state index is 13.7. The SMILES string of the molecule is COc1cc(/C=C2\CC(C(C)C)C/C(=C\c3cc(OC)c(OC)c(OC)c3)C2=O)cc(OC)c1OC. The summed E-state index contributed by atoms with van der Waals surface area (Å²) in [6.07, 6.45) is 5.23. The zero-order valence-corrected chi connectivity index (χ0v) is 22.4. The molecule has 0 aromatic heterocycles. The van der Waals surface area contributed by atoms with Crippen LogP contribution in [0.5, 0.6) is 34.5 Å². The van der Waals surface area contributed by atoms with Crippen LogP contribution in [0, 0.1) is 11.8 Å². The van der Waals surface area contributed by atoms with Gasteiger partial charge in [0.25, 0.3) is 0 Å². The second kappa shape index (κ2) is 11.9. The van der Waals surface area contributed by atoms with Gasteiger partial charge in [-0.2, -0.15) is 0 Å². The zero-order chi connectivity index (χ0) is 26.4. The van der Waals surface area contributed by atoms with Crippen molar-refractivity contribution >= 4 is 17.9 Å². The Morgan fingerprint density at radius 2 is 0.972 bits per heavy atom. The van der Waals surface area contributed by atoms with Gasteiger partial charge in [0.1, 0.15) is 0 Å². The van der Waals surface area contributed by atoms with Gasteiger partial charge in [0.2, 0.25) is 11.5 Å². The van der Waals surface area contributed by atoms with Crippen LogP contribution in [0.15, 0.2) is 35.4 Å². The van der Waals surface area contributed by atoms with Crippen molar-refractivity contribution < 1.29 is 33.2 Å². The Bertz CT molecular complexity index is 1020. The van der Waals surface area contributed by atoms with Gasteiger partial charge in [0.15, 0.2) is 28.8 Å². The molecule has 2 aromatic rings. The first-order chi connectivity index (χ1) is 17.3. The zero-order valence-electron chi connectivity index (χ0n) is 22.4. The first-order valence-corrected chi connectivity index (χ1v) is 11.9. The average Bonchev–Trinajstić information content (AvgIpc) is 2.89. The number of allylic oxidation sites excluding steroid dienone is 2. The van der Waals surface area contributed by atoms with E-state index < -0.39 is 0 Å². The van der Waals surface area contributed by atoms with Crippen LogP contribution in [-0.4, -0.2) is 48.4 Å².